The van der Waals surface area contributed by atoms with Crippen LogP contribution in [0.3, 0.4) is 0 Å². The lowest BCUT2D eigenvalue weighted by molar-refractivity contribution is -0.387. The van der Waals surface area contributed by atoms with Gasteiger partial charge in [0.15, 0.2) is 4.90 Å². The molecule has 3 rings (SSSR count). The fraction of sp³-hybridized carbons (Fsp3) is 0.400. The number of amides is 1. The zero-order valence-corrected chi connectivity index (χ0v) is 18.8. The van der Waals surface area contributed by atoms with E-state index in [2.05, 4.69) is 4.98 Å². The highest BCUT2D eigenvalue weighted by Gasteiger charge is 2.35. The van der Waals surface area contributed by atoms with E-state index in [4.69, 9.17) is 4.74 Å². The summed E-state index contributed by atoms with van der Waals surface area (Å²) in [5.74, 6) is -0.884. The predicted octanol–water partition coefficient (Wildman–Crippen LogP) is 1.73. The van der Waals surface area contributed by atoms with Crippen LogP contribution in [0.4, 0.5) is 5.69 Å². The van der Waals surface area contributed by atoms with Gasteiger partial charge in [-0.1, -0.05) is 19.1 Å². The molecule has 0 saturated carbocycles. The normalized spacial score (nSPS) is 14.9. The number of nitrogens with zero attached hydrogens (tertiary/aromatic N) is 3. The molecule has 1 aliphatic heterocycles. The van der Waals surface area contributed by atoms with Crippen LogP contribution < -0.4 is 0 Å². The highest BCUT2D eigenvalue weighted by molar-refractivity contribution is 7.89. The first-order valence-electron chi connectivity index (χ1n) is 9.96. The SMILES string of the molecule is CCc1[nH]c(C(=O)N2CCN(S(=O)(=O)c3ccccc3[N+](=O)[O-])CC2)c(C)c1C(=O)OC. The number of benzene rings is 1. The quantitative estimate of drug-likeness (QED) is 0.389. The second-order valence-electron chi connectivity index (χ2n) is 7.24. The average molecular weight is 465 g/mol. The van der Waals surface area contributed by atoms with Gasteiger partial charge in [-0.15, -0.1) is 0 Å². The number of carbonyl (C=O) groups excluding carboxylic acids is 2. The summed E-state index contributed by atoms with van der Waals surface area (Å²) in [5, 5.41) is 11.2. The number of sulfonamides is 1. The number of aryl methyl sites for hydroxylation is 1. The molecular weight excluding hydrogens is 440 g/mol. The molecule has 2 heterocycles. The van der Waals surface area contributed by atoms with E-state index in [1.807, 2.05) is 6.92 Å². The van der Waals surface area contributed by atoms with Crippen molar-refractivity contribution in [2.75, 3.05) is 33.3 Å². The molecular formula is C20H24N4O7S. The van der Waals surface area contributed by atoms with Crippen molar-refractivity contribution < 1.29 is 27.7 Å². The second kappa shape index (κ2) is 9.09. The Labute approximate surface area is 185 Å². The first kappa shape index (κ1) is 23.4. The van der Waals surface area contributed by atoms with Crippen molar-refractivity contribution in [3.63, 3.8) is 0 Å². The number of para-hydroxylation sites is 1. The molecule has 11 nitrogen and oxygen atoms in total. The molecule has 1 aromatic heterocycles. The van der Waals surface area contributed by atoms with Gasteiger partial charge in [-0.3, -0.25) is 14.9 Å². The third-order valence-corrected chi connectivity index (χ3v) is 7.44. The van der Waals surface area contributed by atoms with E-state index in [0.717, 1.165) is 10.4 Å². The lowest BCUT2D eigenvalue weighted by Crippen LogP contribution is -2.50. The highest BCUT2D eigenvalue weighted by atomic mass is 32.2. The van der Waals surface area contributed by atoms with Crippen LogP contribution in [0.15, 0.2) is 29.2 Å². The fourth-order valence-electron chi connectivity index (χ4n) is 3.77. The number of hydrogen-bond acceptors (Lipinski definition) is 7. The largest absolute Gasteiger partial charge is 0.465 e. The Hall–Kier alpha value is -3.25. The van der Waals surface area contributed by atoms with Crippen LogP contribution in [0.5, 0.6) is 0 Å². The molecule has 12 heteroatoms. The van der Waals surface area contributed by atoms with Crippen molar-refractivity contribution in [2.24, 2.45) is 0 Å². The first-order valence-corrected chi connectivity index (χ1v) is 11.4. The summed E-state index contributed by atoms with van der Waals surface area (Å²) >= 11 is 0. The van der Waals surface area contributed by atoms with Crippen molar-refractivity contribution in [1.82, 2.24) is 14.2 Å². The van der Waals surface area contributed by atoms with Gasteiger partial charge in [0, 0.05) is 37.9 Å². The molecule has 2 aromatic rings. The number of nitro groups is 1. The summed E-state index contributed by atoms with van der Waals surface area (Å²) in [6, 6.07) is 5.18. The number of rotatable bonds is 6. The number of nitro benzene ring substituents is 1. The first-order chi connectivity index (χ1) is 15.1. The molecule has 0 bridgehead atoms. The van der Waals surface area contributed by atoms with Gasteiger partial charge >= 0.3 is 5.97 Å². The summed E-state index contributed by atoms with van der Waals surface area (Å²) in [6.45, 7) is 3.69. The number of carbonyl (C=O) groups is 2. The van der Waals surface area contributed by atoms with Crippen LogP contribution in [0.2, 0.25) is 0 Å². The van der Waals surface area contributed by atoms with Crippen molar-refractivity contribution >= 4 is 27.6 Å². The summed E-state index contributed by atoms with van der Waals surface area (Å²) in [5.41, 5.74) is 1.17. The van der Waals surface area contributed by atoms with Gasteiger partial charge in [-0.05, 0) is 25.0 Å². The van der Waals surface area contributed by atoms with E-state index in [0.29, 0.717) is 23.2 Å². The number of nitrogens with one attached hydrogen (secondary N) is 1. The monoisotopic (exact) mass is 464 g/mol. The van der Waals surface area contributed by atoms with Gasteiger partial charge < -0.3 is 14.6 Å². The molecule has 0 radical (unpaired) electrons. The Morgan fingerprint density at radius 2 is 1.81 bits per heavy atom. The van der Waals surface area contributed by atoms with Crippen molar-refractivity contribution in [3.05, 3.63) is 56.9 Å². The highest BCUT2D eigenvalue weighted by Crippen LogP contribution is 2.27. The summed E-state index contributed by atoms with van der Waals surface area (Å²) < 4.78 is 31.9. The average Bonchev–Trinajstić information content (AvgIpc) is 3.14. The number of piperazine rings is 1. The zero-order valence-electron chi connectivity index (χ0n) is 18.0. The molecule has 0 spiro atoms. The molecule has 0 atom stereocenters. The van der Waals surface area contributed by atoms with Crippen LogP contribution in [0.25, 0.3) is 0 Å². The van der Waals surface area contributed by atoms with Crippen molar-refractivity contribution in [3.8, 4) is 0 Å². The van der Waals surface area contributed by atoms with Crippen LogP contribution in [-0.4, -0.2) is 72.7 Å². The number of aromatic nitrogens is 1. The molecule has 32 heavy (non-hydrogen) atoms. The van der Waals surface area contributed by atoms with Crippen LogP contribution in [0, 0.1) is 17.0 Å². The van der Waals surface area contributed by atoms with E-state index in [-0.39, 0.29) is 42.7 Å². The number of esters is 1. The van der Waals surface area contributed by atoms with E-state index >= 15 is 0 Å². The smallest absolute Gasteiger partial charge is 0.339 e. The lowest BCUT2D eigenvalue weighted by Gasteiger charge is -2.33. The van der Waals surface area contributed by atoms with Gasteiger partial charge in [0.1, 0.15) is 5.69 Å². The minimum absolute atomic E-state index is 0.00955. The standard InChI is InChI=1S/C20H24N4O7S/c1-4-14-17(20(26)31-3)13(2)18(21-14)19(25)22-9-11-23(12-10-22)32(29,30)16-8-6-5-7-15(16)24(27)28/h5-8,21H,4,9-12H2,1-3H3. The Bertz CT molecular complexity index is 1160. The van der Waals surface area contributed by atoms with Gasteiger partial charge in [0.2, 0.25) is 10.0 Å². The molecule has 0 aliphatic carbocycles. The molecule has 1 fully saturated rings. The lowest BCUT2D eigenvalue weighted by atomic mass is 10.1. The Kier molecular flexibility index (Phi) is 6.65. The van der Waals surface area contributed by atoms with Crippen molar-refractivity contribution in [2.45, 2.75) is 25.2 Å². The summed E-state index contributed by atoms with van der Waals surface area (Å²) in [6.07, 6.45) is 0.500. The number of H-pyrrole nitrogens is 1. The molecule has 1 saturated heterocycles. The molecule has 1 N–H and O–H groups in total. The third-order valence-electron chi connectivity index (χ3n) is 5.49. The van der Waals surface area contributed by atoms with Crippen LogP contribution in [-0.2, 0) is 21.2 Å². The van der Waals surface area contributed by atoms with E-state index < -0.39 is 26.6 Å². The summed E-state index contributed by atoms with van der Waals surface area (Å²) in [7, 11) is -2.83. The molecule has 1 aromatic carbocycles. The van der Waals surface area contributed by atoms with E-state index in [1.165, 1.54) is 30.2 Å². The Balaban J connectivity index is 1.79. The second-order valence-corrected chi connectivity index (χ2v) is 9.15. The number of ether oxygens (including phenoxy) is 1. The van der Waals surface area contributed by atoms with Gasteiger partial charge in [-0.25, -0.2) is 13.2 Å². The number of aromatic amines is 1. The molecule has 172 valence electrons. The van der Waals surface area contributed by atoms with Crippen LogP contribution in [0.1, 0.15) is 39.0 Å². The topological polar surface area (TPSA) is 143 Å². The number of methoxy groups -OCH3 is 1. The summed E-state index contributed by atoms with van der Waals surface area (Å²) in [4.78, 5) is 39.8. The molecule has 1 aliphatic rings. The van der Waals surface area contributed by atoms with Gasteiger partial charge in [-0.2, -0.15) is 4.31 Å². The third kappa shape index (κ3) is 4.10. The predicted molar refractivity (Wildman–Crippen MR) is 114 cm³/mol. The van der Waals surface area contributed by atoms with E-state index in [9.17, 15) is 28.1 Å². The Morgan fingerprint density at radius 1 is 1.19 bits per heavy atom. The fourth-order valence-corrected chi connectivity index (χ4v) is 5.35. The number of hydrogen-bond donors (Lipinski definition) is 1. The molecule has 0 unspecified atom stereocenters. The van der Waals surface area contributed by atoms with Gasteiger partial charge in [0.25, 0.3) is 11.6 Å². The van der Waals surface area contributed by atoms with Crippen LogP contribution >= 0.6 is 0 Å². The maximum atomic E-state index is 13.1. The van der Waals surface area contributed by atoms with E-state index in [1.54, 1.807) is 6.92 Å². The molecule has 1 amide bonds. The maximum absolute atomic E-state index is 13.1. The zero-order chi connectivity index (χ0) is 23.6. The van der Waals surface area contributed by atoms with Crippen molar-refractivity contribution in [1.29, 1.82) is 0 Å². The maximum Gasteiger partial charge on any atom is 0.339 e. The van der Waals surface area contributed by atoms with Gasteiger partial charge in [0.05, 0.1) is 17.6 Å². The Morgan fingerprint density at radius 3 is 2.38 bits per heavy atom. The minimum atomic E-state index is -4.10. The minimum Gasteiger partial charge on any atom is -0.465 e.